The summed E-state index contributed by atoms with van der Waals surface area (Å²) in [6.07, 6.45) is 4.31. The van der Waals surface area contributed by atoms with Crippen molar-refractivity contribution >= 4 is 27.5 Å². The first-order chi connectivity index (χ1) is 9.59. The van der Waals surface area contributed by atoms with E-state index in [1.807, 2.05) is 12.1 Å². The van der Waals surface area contributed by atoms with E-state index in [-0.39, 0.29) is 5.91 Å². The number of amides is 1. The second kappa shape index (κ2) is 6.52. The highest BCUT2D eigenvalue weighted by molar-refractivity contribution is 9.10. The van der Waals surface area contributed by atoms with Gasteiger partial charge in [-0.1, -0.05) is 6.07 Å². The van der Waals surface area contributed by atoms with Gasteiger partial charge in [0.05, 0.1) is 10.0 Å². The molecule has 0 bridgehead atoms. The Balaban J connectivity index is 2.04. The number of carbonyl (C=O) groups excluding carboxylic acids is 1. The molecule has 5 heteroatoms. The first-order valence-electron chi connectivity index (χ1n) is 6.28. The molecular formula is C15H16BrN3O. The largest absolute Gasteiger partial charge is 0.398 e. The zero-order valence-electron chi connectivity index (χ0n) is 11.2. The lowest BCUT2D eigenvalue weighted by Gasteiger charge is -2.18. The molecule has 20 heavy (non-hydrogen) atoms. The van der Waals surface area contributed by atoms with Crippen LogP contribution in [0, 0.1) is 0 Å². The standard InChI is InChI=1S/C15H16BrN3O/c1-19(10-7-11-5-8-18-9-6-11)15(20)12-3-2-4-13(17)14(12)16/h2-6,8-9H,7,10,17H2,1H3. The van der Waals surface area contributed by atoms with E-state index in [4.69, 9.17) is 5.73 Å². The van der Waals surface area contributed by atoms with Gasteiger partial charge in [0.1, 0.15) is 0 Å². The van der Waals surface area contributed by atoms with Gasteiger partial charge in [-0.15, -0.1) is 0 Å². The minimum atomic E-state index is -0.0433. The number of aromatic nitrogens is 1. The first-order valence-corrected chi connectivity index (χ1v) is 7.07. The molecule has 0 aliphatic carbocycles. The van der Waals surface area contributed by atoms with Crippen molar-refractivity contribution in [3.8, 4) is 0 Å². The van der Waals surface area contributed by atoms with Gasteiger partial charge >= 0.3 is 0 Å². The highest BCUT2D eigenvalue weighted by atomic mass is 79.9. The van der Waals surface area contributed by atoms with Crippen molar-refractivity contribution in [2.45, 2.75) is 6.42 Å². The van der Waals surface area contributed by atoms with E-state index in [1.54, 1.807) is 42.5 Å². The van der Waals surface area contributed by atoms with Crippen molar-refractivity contribution in [3.63, 3.8) is 0 Å². The summed E-state index contributed by atoms with van der Waals surface area (Å²) in [5.74, 6) is -0.0433. The molecule has 2 N–H and O–H groups in total. The Hall–Kier alpha value is -1.88. The van der Waals surface area contributed by atoms with Crippen molar-refractivity contribution in [2.75, 3.05) is 19.3 Å². The molecule has 0 aliphatic rings. The maximum atomic E-state index is 12.4. The van der Waals surface area contributed by atoms with Crippen molar-refractivity contribution in [1.29, 1.82) is 0 Å². The SMILES string of the molecule is CN(CCc1ccncc1)C(=O)c1cccc(N)c1Br. The molecule has 2 aromatic rings. The summed E-state index contributed by atoms with van der Waals surface area (Å²) < 4.78 is 0.653. The number of hydrogen-bond acceptors (Lipinski definition) is 3. The van der Waals surface area contributed by atoms with Gasteiger partial charge in [0.25, 0.3) is 5.91 Å². The molecule has 1 amide bonds. The first kappa shape index (κ1) is 14.5. The van der Waals surface area contributed by atoms with E-state index < -0.39 is 0 Å². The fraction of sp³-hybridized carbons (Fsp3) is 0.200. The van der Waals surface area contributed by atoms with Crippen LogP contribution >= 0.6 is 15.9 Å². The minimum absolute atomic E-state index is 0.0433. The second-order valence-corrected chi connectivity index (χ2v) is 5.33. The average Bonchev–Trinajstić information content (AvgIpc) is 2.48. The number of pyridine rings is 1. The molecule has 0 saturated heterocycles. The number of carbonyl (C=O) groups is 1. The maximum absolute atomic E-state index is 12.4. The number of nitrogens with two attached hydrogens (primary N) is 1. The average molecular weight is 334 g/mol. The topological polar surface area (TPSA) is 59.2 Å². The van der Waals surface area contributed by atoms with E-state index >= 15 is 0 Å². The van der Waals surface area contributed by atoms with Gasteiger partial charge in [-0.2, -0.15) is 0 Å². The van der Waals surface area contributed by atoms with Gasteiger partial charge in [0.2, 0.25) is 0 Å². The van der Waals surface area contributed by atoms with E-state index in [2.05, 4.69) is 20.9 Å². The molecule has 1 aromatic carbocycles. The Morgan fingerprint density at radius 2 is 2.00 bits per heavy atom. The van der Waals surface area contributed by atoms with Gasteiger partial charge < -0.3 is 10.6 Å². The molecule has 0 radical (unpaired) electrons. The van der Waals surface area contributed by atoms with Gasteiger partial charge in [0, 0.05) is 31.7 Å². The van der Waals surface area contributed by atoms with Crippen molar-refractivity contribution in [1.82, 2.24) is 9.88 Å². The number of benzene rings is 1. The molecule has 0 atom stereocenters. The summed E-state index contributed by atoms with van der Waals surface area (Å²) in [5, 5.41) is 0. The third kappa shape index (κ3) is 3.36. The summed E-state index contributed by atoms with van der Waals surface area (Å²) in [4.78, 5) is 18.0. The lowest BCUT2D eigenvalue weighted by atomic mass is 10.1. The van der Waals surface area contributed by atoms with Crippen LogP contribution in [0.25, 0.3) is 0 Å². The maximum Gasteiger partial charge on any atom is 0.254 e. The summed E-state index contributed by atoms with van der Waals surface area (Å²) in [6, 6.07) is 9.22. The van der Waals surface area contributed by atoms with E-state index in [0.29, 0.717) is 22.3 Å². The van der Waals surface area contributed by atoms with Crippen molar-refractivity contribution in [3.05, 3.63) is 58.3 Å². The fourth-order valence-electron chi connectivity index (χ4n) is 1.87. The van der Waals surface area contributed by atoms with Crippen LogP contribution < -0.4 is 5.73 Å². The predicted octanol–water partition coefficient (Wildman–Crippen LogP) is 2.74. The Morgan fingerprint density at radius 1 is 1.30 bits per heavy atom. The van der Waals surface area contributed by atoms with Crippen LogP contribution in [0.2, 0.25) is 0 Å². The van der Waals surface area contributed by atoms with Gasteiger partial charge in [-0.05, 0) is 52.2 Å². The summed E-state index contributed by atoms with van der Waals surface area (Å²) in [6.45, 7) is 0.643. The molecule has 0 fully saturated rings. The molecule has 0 spiro atoms. The molecule has 0 saturated carbocycles. The van der Waals surface area contributed by atoms with Crippen LogP contribution in [0.4, 0.5) is 5.69 Å². The quantitative estimate of drug-likeness (QED) is 0.875. The molecular weight excluding hydrogens is 318 g/mol. The number of nitrogens with zero attached hydrogens (tertiary/aromatic N) is 2. The highest BCUT2D eigenvalue weighted by Crippen LogP contribution is 2.24. The van der Waals surface area contributed by atoms with Gasteiger partial charge in [-0.3, -0.25) is 9.78 Å². The predicted molar refractivity (Wildman–Crippen MR) is 83.5 cm³/mol. The Kier molecular flexibility index (Phi) is 4.74. The van der Waals surface area contributed by atoms with Crippen molar-refractivity contribution < 1.29 is 4.79 Å². The summed E-state index contributed by atoms with van der Waals surface area (Å²) in [7, 11) is 1.79. The summed E-state index contributed by atoms with van der Waals surface area (Å²) >= 11 is 3.36. The Bertz CT molecular complexity index is 601. The minimum Gasteiger partial charge on any atom is -0.398 e. The fourth-order valence-corrected chi connectivity index (χ4v) is 2.30. The second-order valence-electron chi connectivity index (χ2n) is 4.54. The van der Waals surface area contributed by atoms with Crippen LogP contribution in [0.3, 0.4) is 0 Å². The molecule has 0 aliphatic heterocycles. The molecule has 2 rings (SSSR count). The van der Waals surface area contributed by atoms with Gasteiger partial charge in [0.15, 0.2) is 0 Å². The summed E-state index contributed by atoms with van der Waals surface area (Å²) in [5.41, 5.74) is 8.11. The lowest BCUT2D eigenvalue weighted by molar-refractivity contribution is 0.0796. The lowest BCUT2D eigenvalue weighted by Crippen LogP contribution is -2.29. The molecule has 1 heterocycles. The smallest absolute Gasteiger partial charge is 0.254 e. The molecule has 1 aromatic heterocycles. The number of rotatable bonds is 4. The zero-order chi connectivity index (χ0) is 14.5. The third-order valence-electron chi connectivity index (χ3n) is 3.09. The molecule has 0 unspecified atom stereocenters. The van der Waals surface area contributed by atoms with Crippen LogP contribution in [0.5, 0.6) is 0 Å². The normalized spacial score (nSPS) is 10.3. The van der Waals surface area contributed by atoms with E-state index in [9.17, 15) is 4.79 Å². The molecule has 4 nitrogen and oxygen atoms in total. The Morgan fingerprint density at radius 3 is 2.70 bits per heavy atom. The van der Waals surface area contributed by atoms with Crippen LogP contribution in [-0.4, -0.2) is 29.4 Å². The molecule has 104 valence electrons. The number of hydrogen-bond donors (Lipinski definition) is 1. The number of anilines is 1. The number of likely N-dealkylation sites (N-methyl/N-ethyl adjacent to an activating group) is 1. The van der Waals surface area contributed by atoms with E-state index in [0.717, 1.165) is 12.0 Å². The highest BCUT2D eigenvalue weighted by Gasteiger charge is 2.15. The van der Waals surface area contributed by atoms with E-state index in [1.165, 1.54) is 0 Å². The third-order valence-corrected chi connectivity index (χ3v) is 3.98. The Labute approximate surface area is 126 Å². The number of nitrogen functional groups attached to an aromatic ring is 1. The van der Waals surface area contributed by atoms with Crippen LogP contribution in [0.1, 0.15) is 15.9 Å². The van der Waals surface area contributed by atoms with Crippen LogP contribution in [0.15, 0.2) is 47.2 Å². The van der Waals surface area contributed by atoms with Crippen LogP contribution in [-0.2, 0) is 6.42 Å². The number of halogens is 1. The zero-order valence-corrected chi connectivity index (χ0v) is 12.8. The van der Waals surface area contributed by atoms with Crippen molar-refractivity contribution in [2.24, 2.45) is 0 Å². The van der Waals surface area contributed by atoms with Gasteiger partial charge in [-0.25, -0.2) is 0 Å². The monoisotopic (exact) mass is 333 g/mol.